The monoisotopic (exact) mass is 450 g/mol. The minimum atomic E-state index is -0.407. The van der Waals surface area contributed by atoms with Gasteiger partial charge in [0.05, 0.1) is 13.0 Å². The van der Waals surface area contributed by atoms with E-state index >= 15 is 0 Å². The first-order valence-corrected chi connectivity index (χ1v) is 11.4. The largest absolute Gasteiger partial charge is 0.497 e. The molecule has 2 aromatic carbocycles. The third-order valence-corrected chi connectivity index (χ3v) is 6.40. The summed E-state index contributed by atoms with van der Waals surface area (Å²) in [4.78, 5) is 27.0. The highest BCUT2D eigenvalue weighted by Crippen LogP contribution is 2.28. The zero-order valence-electron chi connectivity index (χ0n) is 18.4. The quantitative estimate of drug-likeness (QED) is 0.589. The van der Waals surface area contributed by atoms with Gasteiger partial charge in [-0.3, -0.25) is 9.59 Å². The summed E-state index contributed by atoms with van der Waals surface area (Å²) < 4.78 is 5.18. The van der Waals surface area contributed by atoms with Crippen molar-refractivity contribution in [1.29, 1.82) is 0 Å². The van der Waals surface area contributed by atoms with Crippen LogP contribution in [0.5, 0.6) is 5.75 Å². The molecule has 2 heterocycles. The molecule has 0 aliphatic carbocycles. The molecule has 8 heteroatoms. The standard InChI is InChI=1S/C24H26N4O3S/c1-15-10-16(2)12-19(11-15)28-14-18(13-22(28)29)23(30)25-24-27-26-21(32-24)9-6-17-4-7-20(31-3)8-5-17/h4-5,7-8,10-12,18H,6,9,13-14H2,1-3H3,(H,25,27,30). The smallest absolute Gasteiger partial charge is 0.231 e. The Morgan fingerprint density at radius 3 is 2.53 bits per heavy atom. The van der Waals surface area contributed by atoms with Gasteiger partial charge in [0.1, 0.15) is 10.8 Å². The van der Waals surface area contributed by atoms with Crippen molar-refractivity contribution in [3.63, 3.8) is 0 Å². The number of methoxy groups -OCH3 is 1. The molecule has 7 nitrogen and oxygen atoms in total. The summed E-state index contributed by atoms with van der Waals surface area (Å²) in [6, 6.07) is 13.9. The maximum atomic E-state index is 12.8. The van der Waals surface area contributed by atoms with Gasteiger partial charge in [0.2, 0.25) is 16.9 Å². The number of anilines is 2. The van der Waals surface area contributed by atoms with Gasteiger partial charge >= 0.3 is 0 Å². The Balaban J connectivity index is 1.33. The lowest BCUT2D eigenvalue weighted by Crippen LogP contribution is -2.28. The van der Waals surface area contributed by atoms with E-state index in [1.54, 1.807) is 12.0 Å². The average Bonchev–Trinajstić information content (AvgIpc) is 3.38. The van der Waals surface area contributed by atoms with E-state index in [-0.39, 0.29) is 18.2 Å². The van der Waals surface area contributed by atoms with E-state index in [0.29, 0.717) is 11.7 Å². The number of aryl methyl sites for hydroxylation is 4. The predicted octanol–water partition coefficient (Wildman–Crippen LogP) is 3.94. The molecular formula is C24H26N4O3S. The summed E-state index contributed by atoms with van der Waals surface area (Å²) in [5.74, 6) is 0.196. The van der Waals surface area contributed by atoms with Crippen LogP contribution in [0.25, 0.3) is 0 Å². The number of carbonyl (C=O) groups excluding carboxylic acids is 2. The number of ether oxygens (including phenoxy) is 1. The molecule has 0 saturated carbocycles. The highest BCUT2D eigenvalue weighted by molar-refractivity contribution is 7.15. The van der Waals surface area contributed by atoms with E-state index in [0.717, 1.165) is 40.4 Å². The second-order valence-corrected chi connectivity index (χ2v) is 9.15. The van der Waals surface area contributed by atoms with Crippen LogP contribution < -0.4 is 15.0 Å². The first-order chi connectivity index (χ1) is 15.4. The van der Waals surface area contributed by atoms with Gasteiger partial charge in [-0.15, -0.1) is 10.2 Å². The minimum absolute atomic E-state index is 0.0346. The van der Waals surface area contributed by atoms with Crippen LogP contribution in [0.3, 0.4) is 0 Å². The fraction of sp³-hybridized carbons (Fsp3) is 0.333. The second kappa shape index (κ2) is 9.48. The number of hydrogen-bond donors (Lipinski definition) is 1. The van der Waals surface area contributed by atoms with Gasteiger partial charge in [-0.25, -0.2) is 0 Å². The molecule has 1 N–H and O–H groups in total. The predicted molar refractivity (Wildman–Crippen MR) is 125 cm³/mol. The molecule has 32 heavy (non-hydrogen) atoms. The maximum absolute atomic E-state index is 12.8. The Labute approximate surface area is 191 Å². The molecule has 0 radical (unpaired) electrons. The van der Waals surface area contributed by atoms with Crippen molar-refractivity contribution >= 4 is 34.0 Å². The number of carbonyl (C=O) groups is 2. The molecule has 0 bridgehead atoms. The summed E-state index contributed by atoms with van der Waals surface area (Å²) in [7, 11) is 1.65. The minimum Gasteiger partial charge on any atom is -0.497 e. The Morgan fingerprint density at radius 1 is 1.12 bits per heavy atom. The number of benzene rings is 2. The Morgan fingerprint density at radius 2 is 1.84 bits per heavy atom. The van der Waals surface area contributed by atoms with Crippen molar-refractivity contribution in [3.05, 3.63) is 64.2 Å². The number of nitrogens with zero attached hydrogens (tertiary/aromatic N) is 3. The number of nitrogens with one attached hydrogen (secondary N) is 1. The van der Waals surface area contributed by atoms with Gasteiger partial charge in [-0.2, -0.15) is 0 Å². The lowest BCUT2D eigenvalue weighted by Gasteiger charge is -2.18. The van der Waals surface area contributed by atoms with Crippen LogP contribution in [0.1, 0.15) is 28.1 Å². The molecule has 1 atom stereocenters. The molecule has 3 aromatic rings. The number of aromatic nitrogens is 2. The SMILES string of the molecule is COc1ccc(CCc2nnc(NC(=O)C3CC(=O)N(c4cc(C)cc(C)c4)C3)s2)cc1. The van der Waals surface area contributed by atoms with Crippen LogP contribution in [0.2, 0.25) is 0 Å². The van der Waals surface area contributed by atoms with Gasteiger partial charge in [0.15, 0.2) is 0 Å². The van der Waals surface area contributed by atoms with Gasteiger partial charge in [-0.1, -0.05) is 29.5 Å². The van der Waals surface area contributed by atoms with Gasteiger partial charge < -0.3 is 15.0 Å². The Kier molecular flexibility index (Phi) is 6.50. The zero-order valence-corrected chi connectivity index (χ0v) is 19.2. The van der Waals surface area contributed by atoms with Crippen molar-refractivity contribution in [3.8, 4) is 5.75 Å². The molecule has 1 aliphatic rings. The maximum Gasteiger partial charge on any atom is 0.231 e. The highest BCUT2D eigenvalue weighted by atomic mass is 32.1. The molecule has 1 aliphatic heterocycles. The third kappa shape index (κ3) is 5.13. The lowest BCUT2D eigenvalue weighted by atomic mass is 10.1. The van der Waals surface area contributed by atoms with E-state index in [2.05, 4.69) is 21.6 Å². The van der Waals surface area contributed by atoms with E-state index in [1.807, 2.05) is 50.2 Å². The number of amides is 2. The molecule has 0 spiro atoms. The normalized spacial score (nSPS) is 15.8. The van der Waals surface area contributed by atoms with Crippen molar-refractivity contribution in [1.82, 2.24) is 10.2 Å². The van der Waals surface area contributed by atoms with Crippen molar-refractivity contribution in [2.24, 2.45) is 5.92 Å². The topological polar surface area (TPSA) is 84.4 Å². The average molecular weight is 451 g/mol. The van der Waals surface area contributed by atoms with Crippen LogP contribution in [-0.2, 0) is 22.4 Å². The van der Waals surface area contributed by atoms with E-state index in [1.165, 1.54) is 16.9 Å². The summed E-state index contributed by atoms with van der Waals surface area (Å²) in [6.45, 7) is 4.38. The van der Waals surface area contributed by atoms with E-state index in [4.69, 9.17) is 4.74 Å². The summed E-state index contributed by atoms with van der Waals surface area (Å²) in [6.07, 6.45) is 1.76. The first-order valence-electron chi connectivity index (χ1n) is 10.6. The zero-order chi connectivity index (χ0) is 22.7. The molecule has 1 unspecified atom stereocenters. The number of rotatable bonds is 7. The van der Waals surface area contributed by atoms with Crippen LogP contribution in [-0.4, -0.2) is 35.7 Å². The molecule has 1 fully saturated rings. The highest BCUT2D eigenvalue weighted by Gasteiger charge is 2.35. The van der Waals surface area contributed by atoms with Crippen molar-refractivity contribution in [2.75, 3.05) is 23.9 Å². The lowest BCUT2D eigenvalue weighted by molar-refractivity contribution is -0.122. The third-order valence-electron chi connectivity index (χ3n) is 5.50. The summed E-state index contributed by atoms with van der Waals surface area (Å²) >= 11 is 1.37. The van der Waals surface area contributed by atoms with Crippen LogP contribution >= 0.6 is 11.3 Å². The van der Waals surface area contributed by atoms with Crippen LogP contribution in [0.4, 0.5) is 10.8 Å². The second-order valence-electron chi connectivity index (χ2n) is 8.09. The summed E-state index contributed by atoms with van der Waals surface area (Å²) in [5.41, 5.74) is 4.22. The fourth-order valence-corrected chi connectivity index (χ4v) is 4.64. The van der Waals surface area contributed by atoms with E-state index in [9.17, 15) is 9.59 Å². The Bertz CT molecular complexity index is 1110. The van der Waals surface area contributed by atoms with Crippen molar-refractivity contribution in [2.45, 2.75) is 33.1 Å². The number of hydrogen-bond acceptors (Lipinski definition) is 6. The Hall–Kier alpha value is -3.26. The van der Waals surface area contributed by atoms with Gasteiger partial charge in [-0.05, 0) is 61.2 Å². The molecule has 2 amide bonds. The molecule has 1 saturated heterocycles. The molecule has 4 rings (SSSR count). The molecular weight excluding hydrogens is 424 g/mol. The van der Waals surface area contributed by atoms with Crippen LogP contribution in [0, 0.1) is 19.8 Å². The summed E-state index contributed by atoms with van der Waals surface area (Å²) in [5, 5.41) is 12.5. The fourth-order valence-electron chi connectivity index (χ4n) is 3.90. The van der Waals surface area contributed by atoms with E-state index < -0.39 is 5.92 Å². The van der Waals surface area contributed by atoms with Crippen molar-refractivity contribution < 1.29 is 14.3 Å². The van der Waals surface area contributed by atoms with Gasteiger partial charge in [0.25, 0.3) is 0 Å². The van der Waals surface area contributed by atoms with Gasteiger partial charge in [0, 0.05) is 25.1 Å². The first kappa shape index (κ1) is 22.0. The van der Waals surface area contributed by atoms with Crippen LogP contribution in [0.15, 0.2) is 42.5 Å². The molecule has 1 aromatic heterocycles. The molecule has 166 valence electrons.